The van der Waals surface area contributed by atoms with Gasteiger partial charge in [0.1, 0.15) is 5.82 Å². The van der Waals surface area contributed by atoms with Crippen molar-refractivity contribution in [1.82, 2.24) is 4.90 Å². The predicted octanol–water partition coefficient (Wildman–Crippen LogP) is 1.86. The number of esters is 1. The summed E-state index contributed by atoms with van der Waals surface area (Å²) < 4.78 is 61.6. The molecule has 1 aromatic rings. The number of rotatable bonds is 2. The van der Waals surface area contributed by atoms with Gasteiger partial charge in [0, 0.05) is 6.54 Å². The Kier molecular flexibility index (Phi) is 4.88. The molecule has 1 saturated heterocycles. The van der Waals surface area contributed by atoms with Gasteiger partial charge in [0.15, 0.2) is 6.10 Å². The first kappa shape index (κ1) is 17.2. The second-order valence-corrected chi connectivity index (χ2v) is 4.82. The number of carbonyl (C=O) groups is 2. The van der Waals surface area contributed by atoms with Crippen molar-refractivity contribution in [3.05, 3.63) is 35.1 Å². The summed E-state index contributed by atoms with van der Waals surface area (Å²) in [5, 5.41) is 0. The van der Waals surface area contributed by atoms with Crippen LogP contribution in [-0.4, -0.2) is 49.7 Å². The third kappa shape index (κ3) is 3.79. The van der Waals surface area contributed by atoms with Crippen LogP contribution < -0.4 is 0 Å². The maximum Gasteiger partial charge on any atom is 0.417 e. The van der Waals surface area contributed by atoms with E-state index >= 15 is 0 Å². The molecule has 23 heavy (non-hydrogen) atoms. The summed E-state index contributed by atoms with van der Waals surface area (Å²) in [5.74, 6) is -2.77. The van der Waals surface area contributed by atoms with Crippen LogP contribution in [0.15, 0.2) is 18.2 Å². The highest BCUT2D eigenvalue weighted by molar-refractivity contribution is 5.96. The largest absolute Gasteiger partial charge is 0.467 e. The van der Waals surface area contributed by atoms with Gasteiger partial charge in [-0.05, 0) is 18.2 Å². The Hall–Kier alpha value is -2.16. The number of amides is 1. The number of halogens is 4. The Morgan fingerprint density at radius 2 is 2.04 bits per heavy atom. The van der Waals surface area contributed by atoms with Gasteiger partial charge in [0.2, 0.25) is 0 Å². The van der Waals surface area contributed by atoms with E-state index in [1.165, 1.54) is 0 Å². The normalized spacial score (nSPS) is 18.7. The fourth-order valence-electron chi connectivity index (χ4n) is 2.22. The molecule has 1 heterocycles. The highest BCUT2D eigenvalue weighted by Crippen LogP contribution is 2.33. The van der Waals surface area contributed by atoms with Crippen LogP contribution in [0.4, 0.5) is 17.6 Å². The lowest BCUT2D eigenvalue weighted by Crippen LogP contribution is -2.49. The van der Waals surface area contributed by atoms with Crippen molar-refractivity contribution in [2.24, 2.45) is 0 Å². The summed E-state index contributed by atoms with van der Waals surface area (Å²) in [6, 6.07) is 1.83. The van der Waals surface area contributed by atoms with Crippen molar-refractivity contribution in [1.29, 1.82) is 0 Å². The van der Waals surface area contributed by atoms with E-state index in [0.29, 0.717) is 0 Å². The van der Waals surface area contributed by atoms with Gasteiger partial charge in [-0.1, -0.05) is 0 Å². The average molecular weight is 335 g/mol. The van der Waals surface area contributed by atoms with Crippen LogP contribution in [0.2, 0.25) is 0 Å². The molecule has 5 nitrogen and oxygen atoms in total. The van der Waals surface area contributed by atoms with Crippen molar-refractivity contribution in [2.45, 2.75) is 12.3 Å². The van der Waals surface area contributed by atoms with E-state index in [9.17, 15) is 27.2 Å². The quantitative estimate of drug-likeness (QED) is 0.611. The molecule has 0 spiro atoms. The second kappa shape index (κ2) is 6.53. The predicted molar refractivity (Wildman–Crippen MR) is 69.1 cm³/mol. The van der Waals surface area contributed by atoms with E-state index in [1.54, 1.807) is 0 Å². The highest BCUT2D eigenvalue weighted by atomic mass is 19.4. The first-order valence-electron chi connectivity index (χ1n) is 6.59. The van der Waals surface area contributed by atoms with Gasteiger partial charge in [-0.15, -0.1) is 0 Å². The van der Waals surface area contributed by atoms with Crippen LogP contribution in [-0.2, 0) is 20.4 Å². The molecular formula is C14H13F4NO4. The summed E-state index contributed by atoms with van der Waals surface area (Å²) in [4.78, 5) is 24.8. The molecule has 0 aliphatic carbocycles. The van der Waals surface area contributed by atoms with Gasteiger partial charge in [-0.2, -0.15) is 13.2 Å². The zero-order valence-electron chi connectivity index (χ0n) is 12.0. The number of benzene rings is 1. The minimum atomic E-state index is -4.87. The van der Waals surface area contributed by atoms with Crippen molar-refractivity contribution >= 4 is 11.9 Å². The fourth-order valence-corrected chi connectivity index (χ4v) is 2.22. The fraction of sp³-hybridized carbons (Fsp3) is 0.429. The summed E-state index contributed by atoms with van der Waals surface area (Å²) in [6.07, 6.45) is -5.94. The SMILES string of the molecule is COC(=O)[C@H]1CN(C(=O)c2ccc(F)cc2C(F)(F)F)CCO1. The first-order chi connectivity index (χ1) is 10.7. The molecule has 1 aliphatic heterocycles. The van der Waals surface area contributed by atoms with Crippen molar-refractivity contribution in [2.75, 3.05) is 26.8 Å². The Balaban J connectivity index is 2.28. The van der Waals surface area contributed by atoms with Crippen LogP contribution in [0.3, 0.4) is 0 Å². The maximum absolute atomic E-state index is 13.1. The van der Waals surface area contributed by atoms with E-state index < -0.39 is 41.1 Å². The van der Waals surface area contributed by atoms with Gasteiger partial charge >= 0.3 is 12.1 Å². The molecule has 0 N–H and O–H groups in total. The zero-order chi connectivity index (χ0) is 17.2. The number of hydrogen-bond donors (Lipinski definition) is 0. The van der Waals surface area contributed by atoms with Gasteiger partial charge in [-0.25, -0.2) is 9.18 Å². The summed E-state index contributed by atoms with van der Waals surface area (Å²) >= 11 is 0. The molecule has 0 bridgehead atoms. The van der Waals surface area contributed by atoms with E-state index in [0.717, 1.165) is 24.1 Å². The third-order valence-corrected chi connectivity index (χ3v) is 3.34. The number of hydrogen-bond acceptors (Lipinski definition) is 4. The van der Waals surface area contributed by atoms with Crippen LogP contribution in [0.25, 0.3) is 0 Å². The van der Waals surface area contributed by atoms with E-state index in [4.69, 9.17) is 4.74 Å². The Labute approximate surface area is 128 Å². The number of nitrogens with zero attached hydrogens (tertiary/aromatic N) is 1. The molecule has 1 aliphatic rings. The molecule has 0 aromatic heterocycles. The molecule has 126 valence electrons. The Morgan fingerprint density at radius 1 is 1.35 bits per heavy atom. The van der Waals surface area contributed by atoms with Crippen LogP contribution in [0, 0.1) is 5.82 Å². The van der Waals surface area contributed by atoms with E-state index in [1.807, 2.05) is 0 Å². The van der Waals surface area contributed by atoms with Gasteiger partial charge in [-0.3, -0.25) is 4.79 Å². The summed E-state index contributed by atoms with van der Waals surface area (Å²) in [5.41, 5.74) is -2.03. The molecule has 1 fully saturated rings. The average Bonchev–Trinajstić information content (AvgIpc) is 2.52. The number of ether oxygens (including phenoxy) is 2. The number of alkyl halides is 3. The molecule has 1 atom stereocenters. The van der Waals surface area contributed by atoms with E-state index in [2.05, 4.69) is 4.74 Å². The monoisotopic (exact) mass is 335 g/mol. The smallest absolute Gasteiger partial charge is 0.417 e. The van der Waals surface area contributed by atoms with Crippen LogP contribution in [0.1, 0.15) is 15.9 Å². The number of methoxy groups -OCH3 is 1. The van der Waals surface area contributed by atoms with Gasteiger partial charge in [0.25, 0.3) is 5.91 Å². The standard InChI is InChI=1S/C14H13F4NO4/c1-22-13(21)11-7-19(4-5-23-11)12(20)9-3-2-8(15)6-10(9)14(16,17)18/h2-3,6,11H,4-5,7H2,1H3/t11-/m1/s1. The molecule has 9 heteroatoms. The second-order valence-electron chi connectivity index (χ2n) is 4.82. The minimum Gasteiger partial charge on any atom is -0.467 e. The lowest BCUT2D eigenvalue weighted by Gasteiger charge is -2.32. The molecule has 0 unspecified atom stereocenters. The highest BCUT2D eigenvalue weighted by Gasteiger charge is 2.38. The molecule has 0 saturated carbocycles. The van der Waals surface area contributed by atoms with Gasteiger partial charge < -0.3 is 14.4 Å². The summed E-state index contributed by atoms with van der Waals surface area (Å²) in [7, 11) is 1.13. The first-order valence-corrected chi connectivity index (χ1v) is 6.59. The third-order valence-electron chi connectivity index (χ3n) is 3.34. The number of carbonyl (C=O) groups excluding carboxylic acids is 2. The lowest BCUT2D eigenvalue weighted by molar-refractivity contribution is -0.158. The van der Waals surface area contributed by atoms with Crippen molar-refractivity contribution in [3.63, 3.8) is 0 Å². The van der Waals surface area contributed by atoms with E-state index in [-0.39, 0.29) is 25.8 Å². The Bertz CT molecular complexity index is 617. The van der Waals surface area contributed by atoms with Gasteiger partial charge in [0.05, 0.1) is 31.4 Å². The minimum absolute atomic E-state index is 0.0149. The maximum atomic E-state index is 13.1. The topological polar surface area (TPSA) is 55.8 Å². The van der Waals surface area contributed by atoms with Crippen LogP contribution >= 0.6 is 0 Å². The van der Waals surface area contributed by atoms with Crippen molar-refractivity contribution < 1.29 is 36.6 Å². The number of morpholine rings is 1. The molecular weight excluding hydrogens is 322 g/mol. The zero-order valence-corrected chi connectivity index (χ0v) is 12.0. The van der Waals surface area contributed by atoms with Crippen molar-refractivity contribution in [3.8, 4) is 0 Å². The molecule has 0 radical (unpaired) electrons. The molecule has 1 aromatic carbocycles. The molecule has 2 rings (SSSR count). The Morgan fingerprint density at radius 3 is 2.65 bits per heavy atom. The van der Waals surface area contributed by atoms with Crippen LogP contribution in [0.5, 0.6) is 0 Å². The lowest BCUT2D eigenvalue weighted by atomic mass is 10.0. The summed E-state index contributed by atoms with van der Waals surface area (Å²) in [6.45, 7) is -0.241. The molecule has 1 amide bonds.